The first-order valence-electron chi connectivity index (χ1n) is 8.59. The van der Waals surface area contributed by atoms with Crippen LogP contribution in [-0.4, -0.2) is 19.7 Å². The molecule has 4 aromatic rings. The average molecular weight is 379 g/mol. The van der Waals surface area contributed by atoms with E-state index in [1.54, 1.807) is 6.33 Å². The number of nitrogens with zero attached hydrogens (tertiary/aromatic N) is 4. The summed E-state index contributed by atoms with van der Waals surface area (Å²) in [5, 5.41) is 4.78. The third-order valence-corrected chi connectivity index (χ3v) is 4.99. The molecular formula is C20H15ClN4O2. The lowest BCUT2D eigenvalue weighted by atomic mass is 10.1. The smallest absolute Gasteiger partial charge is 0.278 e. The van der Waals surface area contributed by atoms with Gasteiger partial charge in [-0.3, -0.25) is 0 Å². The molecule has 0 aliphatic carbocycles. The predicted octanol–water partition coefficient (Wildman–Crippen LogP) is 4.53. The van der Waals surface area contributed by atoms with Gasteiger partial charge >= 0.3 is 0 Å². The lowest BCUT2D eigenvalue weighted by molar-refractivity contribution is 0.00336. The minimum Gasteiger partial charge on any atom is -0.365 e. The molecule has 27 heavy (non-hydrogen) atoms. The van der Waals surface area contributed by atoms with Crippen LogP contribution < -0.4 is 0 Å². The number of ether oxygens (including phenoxy) is 1. The number of hydrogen-bond acceptors (Lipinski definition) is 5. The summed E-state index contributed by atoms with van der Waals surface area (Å²) in [7, 11) is 0. The summed E-state index contributed by atoms with van der Waals surface area (Å²) in [6, 6.07) is 17.4. The highest BCUT2D eigenvalue weighted by molar-refractivity contribution is 6.31. The summed E-state index contributed by atoms with van der Waals surface area (Å²) in [5.41, 5.74) is 3.45. The van der Waals surface area contributed by atoms with Crippen molar-refractivity contribution in [1.82, 2.24) is 19.7 Å². The minimum atomic E-state index is -0.115. The number of hydrogen-bond donors (Lipinski definition) is 0. The number of halogens is 1. The van der Waals surface area contributed by atoms with Crippen LogP contribution in [0.3, 0.4) is 0 Å². The Labute approximate surface area is 160 Å². The van der Waals surface area contributed by atoms with Crippen LogP contribution in [0.4, 0.5) is 0 Å². The molecule has 0 saturated heterocycles. The highest BCUT2D eigenvalue weighted by Gasteiger charge is 2.27. The summed E-state index contributed by atoms with van der Waals surface area (Å²) >= 11 is 6.31. The number of fused-ring (bicyclic) bond motifs is 1. The summed E-state index contributed by atoms with van der Waals surface area (Å²) in [4.78, 5) is 8.97. The van der Waals surface area contributed by atoms with Crippen molar-refractivity contribution in [2.45, 2.75) is 19.3 Å². The Hall–Kier alpha value is -2.96. The van der Waals surface area contributed by atoms with Crippen molar-refractivity contribution >= 4 is 11.6 Å². The van der Waals surface area contributed by atoms with Gasteiger partial charge in [0.15, 0.2) is 5.69 Å². The van der Waals surface area contributed by atoms with Gasteiger partial charge in [0.25, 0.3) is 5.89 Å². The zero-order chi connectivity index (χ0) is 18.2. The summed E-state index contributed by atoms with van der Waals surface area (Å²) < 4.78 is 13.5. The third-order valence-electron chi connectivity index (χ3n) is 4.64. The van der Waals surface area contributed by atoms with Gasteiger partial charge in [0, 0.05) is 16.1 Å². The van der Waals surface area contributed by atoms with E-state index in [-0.39, 0.29) is 6.10 Å². The van der Waals surface area contributed by atoms with Crippen LogP contribution in [0.2, 0.25) is 5.02 Å². The first-order valence-corrected chi connectivity index (χ1v) is 8.97. The van der Waals surface area contributed by atoms with Crippen molar-refractivity contribution in [3.63, 3.8) is 0 Å². The Morgan fingerprint density at radius 3 is 2.70 bits per heavy atom. The normalized spacial score (nSPS) is 16.3. The van der Waals surface area contributed by atoms with Crippen molar-refractivity contribution in [3.8, 4) is 23.0 Å². The molecule has 6 nitrogen and oxygen atoms in total. The molecule has 0 saturated carbocycles. The van der Waals surface area contributed by atoms with E-state index in [4.69, 9.17) is 20.9 Å². The molecule has 5 rings (SSSR count). The number of aromatic nitrogens is 4. The van der Waals surface area contributed by atoms with Crippen LogP contribution in [0.15, 0.2) is 65.4 Å². The molecule has 1 atom stereocenters. The van der Waals surface area contributed by atoms with Crippen molar-refractivity contribution in [2.24, 2.45) is 0 Å². The second kappa shape index (κ2) is 6.64. The van der Waals surface area contributed by atoms with Gasteiger partial charge in [-0.25, -0.2) is 4.98 Å². The van der Waals surface area contributed by atoms with Gasteiger partial charge in [-0.15, -0.1) is 0 Å². The molecule has 3 heterocycles. The largest absolute Gasteiger partial charge is 0.365 e. The fraction of sp³-hybridized carbons (Fsp3) is 0.150. The molecule has 2 aromatic heterocycles. The number of rotatable bonds is 3. The molecule has 0 N–H and O–H groups in total. The number of benzene rings is 2. The monoisotopic (exact) mass is 378 g/mol. The van der Waals surface area contributed by atoms with Gasteiger partial charge in [-0.1, -0.05) is 65.3 Å². The second-order valence-electron chi connectivity index (χ2n) is 6.30. The highest BCUT2D eigenvalue weighted by atomic mass is 35.5. The van der Waals surface area contributed by atoms with Gasteiger partial charge in [0.1, 0.15) is 6.10 Å². The van der Waals surface area contributed by atoms with E-state index in [1.807, 2.05) is 54.6 Å². The molecule has 7 heteroatoms. The molecule has 0 amide bonds. The van der Waals surface area contributed by atoms with Crippen LogP contribution in [0.1, 0.15) is 17.4 Å². The molecule has 1 aliphatic rings. The molecule has 0 bridgehead atoms. The standard InChI is InChI=1S/C20H15ClN4O2/c21-15-9-5-4-8-14(15)17-10-25-12-22-18(16(25)11-26-17)20-23-19(24-27-20)13-6-2-1-3-7-13/h1-9,12,17H,10-11H2. The lowest BCUT2D eigenvalue weighted by Crippen LogP contribution is -2.20. The highest BCUT2D eigenvalue weighted by Crippen LogP contribution is 2.34. The SMILES string of the molecule is Clc1ccccc1C1Cn2cnc(-c3nc(-c4ccccc4)no3)c2CO1. The van der Waals surface area contributed by atoms with Crippen molar-refractivity contribution < 1.29 is 9.26 Å². The maximum Gasteiger partial charge on any atom is 0.278 e. The van der Waals surface area contributed by atoms with Crippen LogP contribution >= 0.6 is 11.6 Å². The third kappa shape index (κ3) is 2.93. The van der Waals surface area contributed by atoms with E-state index in [0.29, 0.717) is 35.6 Å². The molecule has 1 aliphatic heterocycles. The average Bonchev–Trinajstić information content (AvgIpc) is 3.35. The van der Waals surface area contributed by atoms with E-state index in [2.05, 4.69) is 19.7 Å². The molecule has 0 fully saturated rings. The Balaban J connectivity index is 1.44. The number of imidazole rings is 1. The zero-order valence-corrected chi connectivity index (χ0v) is 15.0. The van der Waals surface area contributed by atoms with Crippen LogP contribution in [0, 0.1) is 0 Å². The van der Waals surface area contributed by atoms with Crippen molar-refractivity contribution in [1.29, 1.82) is 0 Å². The van der Waals surface area contributed by atoms with Gasteiger partial charge in [0.2, 0.25) is 5.82 Å². The van der Waals surface area contributed by atoms with Crippen LogP contribution in [-0.2, 0) is 17.9 Å². The predicted molar refractivity (Wildman–Crippen MR) is 99.9 cm³/mol. The molecule has 1 unspecified atom stereocenters. The van der Waals surface area contributed by atoms with Crippen LogP contribution in [0.25, 0.3) is 23.0 Å². The van der Waals surface area contributed by atoms with E-state index in [0.717, 1.165) is 16.8 Å². The first-order chi connectivity index (χ1) is 13.3. The van der Waals surface area contributed by atoms with Crippen LogP contribution in [0.5, 0.6) is 0 Å². The Morgan fingerprint density at radius 2 is 1.85 bits per heavy atom. The topological polar surface area (TPSA) is 66.0 Å². The zero-order valence-electron chi connectivity index (χ0n) is 14.2. The molecule has 0 radical (unpaired) electrons. The maximum atomic E-state index is 6.31. The fourth-order valence-electron chi connectivity index (χ4n) is 3.25. The van der Waals surface area contributed by atoms with E-state index >= 15 is 0 Å². The van der Waals surface area contributed by atoms with Crippen molar-refractivity contribution in [3.05, 3.63) is 77.2 Å². The second-order valence-corrected chi connectivity index (χ2v) is 6.71. The lowest BCUT2D eigenvalue weighted by Gasteiger charge is -2.26. The minimum absolute atomic E-state index is 0.115. The quantitative estimate of drug-likeness (QED) is 0.524. The van der Waals surface area contributed by atoms with Gasteiger partial charge in [-0.05, 0) is 6.07 Å². The Bertz CT molecular complexity index is 1090. The summed E-state index contributed by atoms with van der Waals surface area (Å²) in [6.45, 7) is 1.03. The van der Waals surface area contributed by atoms with Gasteiger partial charge in [-0.2, -0.15) is 4.98 Å². The molecule has 2 aromatic carbocycles. The summed E-state index contributed by atoms with van der Waals surface area (Å²) in [6.07, 6.45) is 1.67. The fourth-order valence-corrected chi connectivity index (χ4v) is 3.51. The molecule has 0 spiro atoms. The van der Waals surface area contributed by atoms with Crippen molar-refractivity contribution in [2.75, 3.05) is 0 Å². The maximum absolute atomic E-state index is 6.31. The van der Waals surface area contributed by atoms with Gasteiger partial charge < -0.3 is 13.8 Å². The molecule has 134 valence electrons. The van der Waals surface area contributed by atoms with E-state index in [1.165, 1.54) is 0 Å². The Kier molecular flexibility index (Phi) is 3.99. The Morgan fingerprint density at radius 1 is 1.04 bits per heavy atom. The first kappa shape index (κ1) is 16.2. The van der Waals surface area contributed by atoms with E-state index in [9.17, 15) is 0 Å². The summed E-state index contributed by atoms with van der Waals surface area (Å²) in [5.74, 6) is 0.931. The van der Waals surface area contributed by atoms with Gasteiger partial charge in [0.05, 0.1) is 25.2 Å². The van der Waals surface area contributed by atoms with E-state index < -0.39 is 0 Å². The molecular weight excluding hydrogens is 364 g/mol.